The van der Waals surface area contributed by atoms with Crippen molar-refractivity contribution in [1.82, 2.24) is 0 Å². The maximum absolute atomic E-state index is 3.76. The SMILES string of the molecule is [CH2-][n+]1ccc(C(C)(C)C)cc1. The van der Waals surface area contributed by atoms with E-state index in [-0.39, 0.29) is 5.41 Å². The smallest absolute Gasteiger partial charge is 0.0692 e. The van der Waals surface area contributed by atoms with E-state index in [1.807, 2.05) is 12.4 Å². The molecule has 0 spiro atoms. The number of nitrogens with zero attached hydrogens (tertiary/aromatic N) is 1. The number of aromatic nitrogens is 1. The monoisotopic (exact) mass is 149 g/mol. The molecule has 0 saturated carbocycles. The molecule has 0 fully saturated rings. The van der Waals surface area contributed by atoms with E-state index >= 15 is 0 Å². The van der Waals surface area contributed by atoms with E-state index in [0.29, 0.717) is 0 Å². The van der Waals surface area contributed by atoms with Gasteiger partial charge in [-0.3, -0.25) is 0 Å². The Labute approximate surface area is 68.7 Å². The lowest BCUT2D eigenvalue weighted by Crippen LogP contribution is -2.25. The Hall–Kier alpha value is -0.980. The molecule has 0 atom stereocenters. The van der Waals surface area contributed by atoms with Crippen LogP contribution in [0, 0.1) is 7.05 Å². The fourth-order valence-corrected chi connectivity index (χ4v) is 0.957. The molecular weight excluding hydrogens is 134 g/mol. The minimum Gasteiger partial charge on any atom is -0.339 e. The van der Waals surface area contributed by atoms with Gasteiger partial charge in [-0.25, -0.2) is 0 Å². The minimum atomic E-state index is 0.244. The Morgan fingerprint density at radius 1 is 1.18 bits per heavy atom. The predicted octanol–water partition coefficient (Wildman–Crippen LogP) is 1.91. The molecule has 0 aliphatic carbocycles. The Morgan fingerprint density at radius 2 is 1.64 bits per heavy atom. The number of rotatable bonds is 0. The van der Waals surface area contributed by atoms with Crippen molar-refractivity contribution in [1.29, 1.82) is 0 Å². The first-order chi connectivity index (χ1) is 5.00. The molecule has 0 aliphatic heterocycles. The molecular formula is C10H15N. The van der Waals surface area contributed by atoms with Gasteiger partial charge in [0.25, 0.3) is 0 Å². The Kier molecular flexibility index (Phi) is 1.90. The van der Waals surface area contributed by atoms with E-state index in [9.17, 15) is 0 Å². The van der Waals surface area contributed by atoms with Crippen LogP contribution in [0.25, 0.3) is 0 Å². The highest BCUT2D eigenvalue weighted by Gasteiger charge is 2.11. The molecule has 0 N–H and O–H groups in total. The molecule has 0 aliphatic rings. The molecule has 60 valence electrons. The molecule has 0 amide bonds. The lowest BCUT2D eigenvalue weighted by Gasteiger charge is -2.19. The summed E-state index contributed by atoms with van der Waals surface area (Å²) in [5.41, 5.74) is 1.59. The highest BCUT2D eigenvalue weighted by Crippen LogP contribution is 2.19. The maximum Gasteiger partial charge on any atom is 0.0692 e. The van der Waals surface area contributed by atoms with E-state index in [4.69, 9.17) is 0 Å². The van der Waals surface area contributed by atoms with Gasteiger partial charge < -0.3 is 4.57 Å². The average molecular weight is 149 g/mol. The van der Waals surface area contributed by atoms with Gasteiger partial charge in [0, 0.05) is 7.05 Å². The van der Waals surface area contributed by atoms with Crippen molar-refractivity contribution >= 4 is 0 Å². The molecule has 0 radical (unpaired) electrons. The highest BCUT2D eigenvalue weighted by molar-refractivity contribution is 5.17. The summed E-state index contributed by atoms with van der Waals surface area (Å²) in [4.78, 5) is 0. The third-order valence-electron chi connectivity index (χ3n) is 1.76. The third-order valence-corrected chi connectivity index (χ3v) is 1.76. The van der Waals surface area contributed by atoms with E-state index in [2.05, 4.69) is 40.0 Å². The zero-order chi connectivity index (χ0) is 8.48. The van der Waals surface area contributed by atoms with Crippen LogP contribution >= 0.6 is 0 Å². The van der Waals surface area contributed by atoms with Crippen molar-refractivity contribution in [3.8, 4) is 0 Å². The van der Waals surface area contributed by atoms with Crippen molar-refractivity contribution in [3.63, 3.8) is 0 Å². The molecule has 1 aromatic rings. The second-order valence-corrected chi connectivity index (χ2v) is 3.85. The molecule has 0 unspecified atom stereocenters. The van der Waals surface area contributed by atoms with Crippen molar-refractivity contribution in [2.45, 2.75) is 26.2 Å². The van der Waals surface area contributed by atoms with Crippen LogP contribution < -0.4 is 4.57 Å². The van der Waals surface area contributed by atoms with Crippen LogP contribution in [0.4, 0.5) is 0 Å². The maximum atomic E-state index is 3.76. The Balaban J connectivity index is 2.99. The Morgan fingerprint density at radius 3 is 2.00 bits per heavy atom. The van der Waals surface area contributed by atoms with Crippen LogP contribution in [0.2, 0.25) is 0 Å². The molecule has 1 nitrogen and oxygen atoms in total. The summed E-state index contributed by atoms with van der Waals surface area (Å²) in [5.74, 6) is 0. The van der Waals surface area contributed by atoms with E-state index < -0.39 is 0 Å². The van der Waals surface area contributed by atoms with Gasteiger partial charge in [0.1, 0.15) is 0 Å². The summed E-state index contributed by atoms with van der Waals surface area (Å²) in [6, 6.07) is 4.21. The summed E-state index contributed by atoms with van der Waals surface area (Å²) in [5, 5.41) is 0. The summed E-state index contributed by atoms with van der Waals surface area (Å²) >= 11 is 0. The summed E-state index contributed by atoms with van der Waals surface area (Å²) < 4.78 is 1.80. The van der Waals surface area contributed by atoms with Crippen LogP contribution in [0.5, 0.6) is 0 Å². The first kappa shape index (κ1) is 8.12. The summed E-state index contributed by atoms with van der Waals surface area (Å²) in [6.07, 6.45) is 3.95. The minimum absolute atomic E-state index is 0.244. The van der Waals surface area contributed by atoms with Crippen LogP contribution in [-0.4, -0.2) is 0 Å². The standard InChI is InChI=1S/C10H15N/c1-10(2,3)9-5-7-11(4)8-6-9/h5-8H,4H2,1-3H3. The first-order valence-corrected chi connectivity index (χ1v) is 3.83. The van der Waals surface area contributed by atoms with Gasteiger partial charge in [0.15, 0.2) is 0 Å². The van der Waals surface area contributed by atoms with E-state index in [1.165, 1.54) is 5.56 Å². The second kappa shape index (κ2) is 2.57. The number of hydrogen-bond donors (Lipinski definition) is 0. The van der Waals surface area contributed by atoms with Crippen molar-refractivity contribution in [3.05, 3.63) is 37.1 Å². The number of hydrogen-bond acceptors (Lipinski definition) is 0. The zero-order valence-corrected chi connectivity index (χ0v) is 7.46. The van der Waals surface area contributed by atoms with E-state index in [1.54, 1.807) is 4.57 Å². The van der Waals surface area contributed by atoms with Crippen molar-refractivity contribution < 1.29 is 4.57 Å². The van der Waals surface area contributed by atoms with Gasteiger partial charge in [-0.05, 0) is 5.41 Å². The van der Waals surface area contributed by atoms with Gasteiger partial charge in [-0.1, -0.05) is 38.5 Å². The van der Waals surface area contributed by atoms with Crippen molar-refractivity contribution in [2.24, 2.45) is 0 Å². The third kappa shape index (κ3) is 1.97. The largest absolute Gasteiger partial charge is 0.339 e. The highest BCUT2D eigenvalue weighted by atomic mass is 14.9. The first-order valence-electron chi connectivity index (χ1n) is 3.83. The van der Waals surface area contributed by atoms with Crippen LogP contribution in [0.3, 0.4) is 0 Å². The molecule has 1 heteroatoms. The summed E-state index contributed by atoms with van der Waals surface area (Å²) in [7, 11) is 3.76. The molecule has 1 aromatic heterocycles. The summed E-state index contributed by atoms with van der Waals surface area (Å²) in [6.45, 7) is 6.61. The quantitative estimate of drug-likeness (QED) is 0.392. The molecule has 0 saturated heterocycles. The molecule has 0 bridgehead atoms. The Bertz CT molecular complexity index is 228. The molecule has 1 heterocycles. The lowest BCUT2D eigenvalue weighted by molar-refractivity contribution is -0.612. The predicted molar refractivity (Wildman–Crippen MR) is 46.1 cm³/mol. The van der Waals surface area contributed by atoms with Gasteiger partial charge >= 0.3 is 0 Å². The topological polar surface area (TPSA) is 3.88 Å². The average Bonchev–Trinajstić information content (AvgIpc) is 1.86. The number of pyridine rings is 1. The van der Waals surface area contributed by atoms with Crippen LogP contribution in [0.15, 0.2) is 24.5 Å². The molecule has 0 aromatic carbocycles. The normalized spacial score (nSPS) is 11.5. The molecule has 1 rings (SSSR count). The van der Waals surface area contributed by atoms with Gasteiger partial charge in [0.05, 0.1) is 12.4 Å². The van der Waals surface area contributed by atoms with Crippen molar-refractivity contribution in [2.75, 3.05) is 0 Å². The van der Waals surface area contributed by atoms with E-state index in [0.717, 1.165) is 0 Å². The van der Waals surface area contributed by atoms with Gasteiger partial charge in [-0.2, -0.15) is 0 Å². The lowest BCUT2D eigenvalue weighted by atomic mass is 9.88. The van der Waals surface area contributed by atoms with Gasteiger partial charge in [0.2, 0.25) is 0 Å². The van der Waals surface area contributed by atoms with Crippen LogP contribution in [-0.2, 0) is 5.41 Å². The zero-order valence-electron chi connectivity index (χ0n) is 7.46. The fourth-order valence-electron chi connectivity index (χ4n) is 0.957. The fraction of sp³-hybridized carbons (Fsp3) is 0.400. The van der Waals surface area contributed by atoms with Crippen LogP contribution in [0.1, 0.15) is 26.3 Å². The molecule has 11 heavy (non-hydrogen) atoms. The second-order valence-electron chi connectivity index (χ2n) is 3.85. The van der Waals surface area contributed by atoms with Gasteiger partial charge in [-0.15, -0.1) is 0 Å².